The highest BCUT2D eigenvalue weighted by Crippen LogP contribution is 2.32. The van der Waals surface area contributed by atoms with Gasteiger partial charge < -0.3 is 9.64 Å². The number of carbonyl (C=O) groups excluding carboxylic acids is 1. The van der Waals surface area contributed by atoms with Crippen molar-refractivity contribution in [3.63, 3.8) is 0 Å². The van der Waals surface area contributed by atoms with E-state index in [1.165, 1.54) is 9.79 Å². The van der Waals surface area contributed by atoms with Gasteiger partial charge in [0.2, 0.25) is 0 Å². The van der Waals surface area contributed by atoms with Crippen molar-refractivity contribution < 1.29 is 9.53 Å². The largest absolute Gasteiger partial charge is 0.444 e. The molecule has 1 fully saturated rings. The number of benzene rings is 1. The number of rotatable bonds is 6. The molecule has 6 heteroatoms. The zero-order chi connectivity index (χ0) is 19.2. The van der Waals surface area contributed by atoms with E-state index in [9.17, 15) is 4.79 Å². The summed E-state index contributed by atoms with van der Waals surface area (Å²) in [6.45, 7) is 13.7. The maximum Gasteiger partial charge on any atom is 0.410 e. The number of piperidine rings is 1. The van der Waals surface area contributed by atoms with Crippen LogP contribution in [0.25, 0.3) is 0 Å². The lowest BCUT2D eigenvalue weighted by molar-refractivity contribution is 0.0220. The molecular formula is C20H32N2O2S2. The summed E-state index contributed by atoms with van der Waals surface area (Å²) < 4.78 is 7.86. The summed E-state index contributed by atoms with van der Waals surface area (Å²) in [6.07, 6.45) is 1.99. The van der Waals surface area contributed by atoms with Crippen LogP contribution >= 0.6 is 23.7 Å². The fourth-order valence-electron chi connectivity index (χ4n) is 2.80. The molecule has 1 aromatic carbocycles. The van der Waals surface area contributed by atoms with Crippen molar-refractivity contribution in [3.05, 3.63) is 24.3 Å². The second kappa shape index (κ2) is 9.90. The first-order chi connectivity index (χ1) is 12.3. The molecule has 1 aromatic rings. The molecule has 1 aliphatic rings. The molecular weight excluding hydrogens is 364 g/mol. The van der Waals surface area contributed by atoms with E-state index < -0.39 is 5.60 Å². The fraction of sp³-hybridized carbons (Fsp3) is 0.650. The Balaban J connectivity index is 1.88. The lowest BCUT2D eigenvalue weighted by Crippen LogP contribution is -2.43. The first kappa shape index (κ1) is 21.5. The highest BCUT2D eigenvalue weighted by Gasteiger charge is 2.28. The first-order valence-electron chi connectivity index (χ1n) is 9.48. The van der Waals surface area contributed by atoms with Gasteiger partial charge >= 0.3 is 6.09 Å². The number of thioether (sulfide) groups is 1. The van der Waals surface area contributed by atoms with Crippen LogP contribution in [0, 0.1) is 0 Å². The molecule has 4 nitrogen and oxygen atoms in total. The van der Waals surface area contributed by atoms with E-state index in [4.69, 9.17) is 4.74 Å². The van der Waals surface area contributed by atoms with Gasteiger partial charge in [-0.05, 0) is 69.8 Å². The van der Waals surface area contributed by atoms with E-state index >= 15 is 0 Å². The van der Waals surface area contributed by atoms with Crippen molar-refractivity contribution in [1.29, 1.82) is 0 Å². The van der Waals surface area contributed by atoms with Crippen LogP contribution in [-0.4, -0.2) is 52.3 Å². The summed E-state index contributed by atoms with van der Waals surface area (Å²) in [5, 5.41) is 0.428. The van der Waals surface area contributed by atoms with E-state index in [1.54, 1.807) is 0 Å². The van der Waals surface area contributed by atoms with Gasteiger partial charge in [0, 0.05) is 41.2 Å². The van der Waals surface area contributed by atoms with Crippen LogP contribution in [0.5, 0.6) is 0 Å². The third-order valence-corrected chi connectivity index (χ3v) is 6.62. The van der Waals surface area contributed by atoms with Crippen LogP contribution in [0.15, 0.2) is 34.1 Å². The van der Waals surface area contributed by atoms with Crippen LogP contribution in [0.2, 0.25) is 0 Å². The molecule has 146 valence electrons. The van der Waals surface area contributed by atoms with Crippen molar-refractivity contribution >= 4 is 29.8 Å². The highest BCUT2D eigenvalue weighted by molar-refractivity contribution is 8.00. The number of ether oxygens (including phenoxy) is 1. The second-order valence-electron chi connectivity index (χ2n) is 7.49. The quantitative estimate of drug-likeness (QED) is 0.591. The van der Waals surface area contributed by atoms with Gasteiger partial charge in [0.15, 0.2) is 0 Å². The number of amides is 1. The zero-order valence-electron chi connectivity index (χ0n) is 16.7. The van der Waals surface area contributed by atoms with Crippen molar-refractivity contribution in [2.45, 2.75) is 68.1 Å². The van der Waals surface area contributed by atoms with Crippen LogP contribution in [0.4, 0.5) is 4.79 Å². The Bertz CT molecular complexity index is 568. The fourth-order valence-corrected chi connectivity index (χ4v) is 4.83. The predicted molar refractivity (Wildman–Crippen MR) is 112 cm³/mol. The Kier molecular flexibility index (Phi) is 8.17. The Morgan fingerprint density at radius 3 is 2.38 bits per heavy atom. The van der Waals surface area contributed by atoms with Crippen molar-refractivity contribution in [2.24, 2.45) is 0 Å². The molecule has 1 atom stereocenters. The van der Waals surface area contributed by atoms with Crippen LogP contribution < -0.4 is 0 Å². The smallest absolute Gasteiger partial charge is 0.410 e. The minimum absolute atomic E-state index is 0.186. The van der Waals surface area contributed by atoms with E-state index in [0.29, 0.717) is 5.25 Å². The monoisotopic (exact) mass is 396 g/mol. The number of nitrogens with zero attached hydrogens (tertiary/aromatic N) is 2. The summed E-state index contributed by atoms with van der Waals surface area (Å²) >= 11 is 3.68. The Morgan fingerprint density at radius 2 is 1.81 bits per heavy atom. The lowest BCUT2D eigenvalue weighted by atomic mass is 10.1. The van der Waals surface area contributed by atoms with Crippen molar-refractivity contribution in [2.75, 3.05) is 26.2 Å². The van der Waals surface area contributed by atoms with Crippen molar-refractivity contribution in [1.82, 2.24) is 9.21 Å². The molecule has 0 spiro atoms. The number of hydrogen-bond donors (Lipinski definition) is 0. The molecule has 0 aromatic heterocycles. The molecule has 2 rings (SSSR count). The Labute approximate surface area is 167 Å². The Hall–Kier alpha value is -0.850. The standard InChI is InChI=1S/C20H32N2O2S2/c1-6-22(7-2)26-17-12-10-16(11-13-17)25-18-9-8-14-21(15-18)19(23)24-20(3,4)5/h10-13,18H,6-9,14-15H2,1-5H3. The van der Waals surface area contributed by atoms with E-state index in [0.717, 1.165) is 39.0 Å². The summed E-state index contributed by atoms with van der Waals surface area (Å²) in [5.41, 5.74) is -0.435. The average Bonchev–Trinajstić information content (AvgIpc) is 2.60. The van der Waals surface area contributed by atoms with Gasteiger partial charge in [-0.3, -0.25) is 0 Å². The number of hydrogen-bond acceptors (Lipinski definition) is 5. The van der Waals surface area contributed by atoms with E-state index in [1.807, 2.05) is 49.4 Å². The maximum absolute atomic E-state index is 12.3. The maximum atomic E-state index is 12.3. The van der Waals surface area contributed by atoms with Gasteiger partial charge in [-0.1, -0.05) is 13.8 Å². The van der Waals surface area contributed by atoms with Gasteiger partial charge in [0.25, 0.3) is 0 Å². The average molecular weight is 397 g/mol. The van der Waals surface area contributed by atoms with Gasteiger partial charge in [-0.25, -0.2) is 9.10 Å². The summed E-state index contributed by atoms with van der Waals surface area (Å²) in [4.78, 5) is 16.7. The molecule has 1 heterocycles. The first-order valence-corrected chi connectivity index (χ1v) is 11.1. The molecule has 1 amide bonds. The SMILES string of the molecule is CCN(CC)Sc1ccc(SC2CCCN(C(=O)OC(C)(C)C)C2)cc1. The Morgan fingerprint density at radius 1 is 1.19 bits per heavy atom. The third kappa shape index (κ3) is 7.05. The van der Waals surface area contributed by atoms with Gasteiger partial charge in [0.1, 0.15) is 5.60 Å². The zero-order valence-corrected chi connectivity index (χ0v) is 18.3. The van der Waals surface area contributed by atoms with Crippen LogP contribution in [-0.2, 0) is 4.74 Å². The summed E-state index contributed by atoms with van der Waals surface area (Å²) in [7, 11) is 0. The van der Waals surface area contributed by atoms with Crippen LogP contribution in [0.3, 0.4) is 0 Å². The molecule has 1 unspecified atom stereocenters. The molecule has 0 bridgehead atoms. The normalized spacial score (nSPS) is 18.2. The number of likely N-dealkylation sites (tertiary alicyclic amines) is 1. The van der Waals surface area contributed by atoms with Gasteiger partial charge in [-0.2, -0.15) is 0 Å². The topological polar surface area (TPSA) is 32.8 Å². The van der Waals surface area contributed by atoms with Crippen molar-refractivity contribution in [3.8, 4) is 0 Å². The second-order valence-corrected chi connectivity index (χ2v) is 10.0. The molecule has 0 N–H and O–H groups in total. The summed E-state index contributed by atoms with van der Waals surface area (Å²) in [6, 6.07) is 8.78. The molecule has 1 aliphatic heterocycles. The molecule has 1 saturated heterocycles. The minimum atomic E-state index is -0.435. The highest BCUT2D eigenvalue weighted by atomic mass is 32.2. The number of carbonyl (C=O) groups is 1. The molecule has 0 saturated carbocycles. The molecule has 0 radical (unpaired) electrons. The lowest BCUT2D eigenvalue weighted by Gasteiger charge is -2.33. The third-order valence-electron chi connectivity index (χ3n) is 4.10. The van der Waals surface area contributed by atoms with E-state index in [-0.39, 0.29) is 6.09 Å². The predicted octanol–water partition coefficient (Wildman–Crippen LogP) is 5.53. The van der Waals surface area contributed by atoms with Crippen LogP contribution in [0.1, 0.15) is 47.5 Å². The van der Waals surface area contributed by atoms with Gasteiger partial charge in [0.05, 0.1) is 0 Å². The minimum Gasteiger partial charge on any atom is -0.444 e. The molecule has 26 heavy (non-hydrogen) atoms. The molecule has 0 aliphatic carbocycles. The van der Waals surface area contributed by atoms with E-state index in [2.05, 4.69) is 42.4 Å². The summed E-state index contributed by atoms with van der Waals surface area (Å²) in [5.74, 6) is 0. The van der Waals surface area contributed by atoms with Gasteiger partial charge in [-0.15, -0.1) is 11.8 Å².